The van der Waals surface area contributed by atoms with E-state index in [9.17, 15) is 9.59 Å². The molecule has 4 rings (SSSR count). The zero-order valence-electron chi connectivity index (χ0n) is 21.0. The number of aryl methyl sites for hydroxylation is 2. The molecule has 2 aromatic carbocycles. The predicted octanol–water partition coefficient (Wildman–Crippen LogP) is 2.38. The molecular weight excluding hydrogens is 454 g/mol. The molecule has 0 saturated heterocycles. The molecule has 0 saturated carbocycles. The number of rotatable bonds is 11. The minimum Gasteiger partial charge on any atom is -0.399 e. The van der Waals surface area contributed by atoms with Gasteiger partial charge in [0.15, 0.2) is 11.2 Å². The van der Waals surface area contributed by atoms with Crippen molar-refractivity contribution in [3.63, 3.8) is 0 Å². The van der Waals surface area contributed by atoms with E-state index in [4.69, 9.17) is 16.5 Å². The lowest BCUT2D eigenvalue weighted by molar-refractivity contribution is 0.555. The van der Waals surface area contributed by atoms with Gasteiger partial charge in [0.2, 0.25) is 0 Å². The summed E-state index contributed by atoms with van der Waals surface area (Å²) in [5, 5.41) is 3.33. The van der Waals surface area contributed by atoms with E-state index < -0.39 is 0 Å². The van der Waals surface area contributed by atoms with E-state index in [0.29, 0.717) is 68.0 Å². The molecule has 0 aliphatic carbocycles. The van der Waals surface area contributed by atoms with Crippen LogP contribution in [0.4, 0.5) is 11.4 Å². The molecule has 0 fully saturated rings. The lowest BCUT2D eigenvalue weighted by atomic mass is 10.1. The van der Waals surface area contributed by atoms with Crippen LogP contribution in [0.1, 0.15) is 37.2 Å². The summed E-state index contributed by atoms with van der Waals surface area (Å²) in [6.07, 6.45) is 1.76. The van der Waals surface area contributed by atoms with Crippen molar-refractivity contribution in [2.75, 3.05) is 24.6 Å². The van der Waals surface area contributed by atoms with Crippen molar-refractivity contribution >= 4 is 22.5 Å². The van der Waals surface area contributed by atoms with Crippen LogP contribution in [0, 0.1) is 0 Å². The number of para-hydroxylation sites is 1. The minimum atomic E-state index is -0.334. The van der Waals surface area contributed by atoms with Crippen molar-refractivity contribution < 1.29 is 0 Å². The second kappa shape index (κ2) is 11.3. The fourth-order valence-corrected chi connectivity index (χ4v) is 4.51. The van der Waals surface area contributed by atoms with E-state index >= 15 is 0 Å². The molecule has 0 aliphatic rings. The number of nitrogens with two attached hydrogens (primary N) is 2. The van der Waals surface area contributed by atoms with Gasteiger partial charge in [-0.15, -0.1) is 0 Å². The SMILES string of the molecule is CCCn1c(=O)c2c(nc(Cc3ccc(N)cc3)n2CCNCC)n(CCc2ccccc2N)c1=O. The number of nitrogen functional groups attached to an aromatic ring is 2. The van der Waals surface area contributed by atoms with E-state index in [-0.39, 0.29) is 11.2 Å². The largest absolute Gasteiger partial charge is 0.399 e. The van der Waals surface area contributed by atoms with Crippen LogP contribution in [-0.4, -0.2) is 31.8 Å². The van der Waals surface area contributed by atoms with Gasteiger partial charge in [0.25, 0.3) is 5.56 Å². The van der Waals surface area contributed by atoms with Crippen molar-refractivity contribution in [2.24, 2.45) is 0 Å². The average Bonchev–Trinajstić information content (AvgIpc) is 3.22. The van der Waals surface area contributed by atoms with E-state index in [1.165, 1.54) is 4.57 Å². The van der Waals surface area contributed by atoms with Gasteiger partial charge in [-0.2, -0.15) is 0 Å². The van der Waals surface area contributed by atoms with Gasteiger partial charge in [0.1, 0.15) is 5.82 Å². The standard InChI is InChI=1S/C27H35N7O2/c1-3-15-34-26(35)24-25(33(27(34)36)16-13-20-7-5-6-8-22(20)29)31-23(32(24)17-14-30-4-2)18-19-9-11-21(28)12-10-19/h5-12,30H,3-4,13-18,28-29H2,1-2H3. The molecule has 9 heteroatoms. The number of nitrogens with one attached hydrogen (secondary N) is 1. The Bertz CT molecular complexity index is 1450. The highest BCUT2D eigenvalue weighted by molar-refractivity contribution is 5.71. The zero-order chi connectivity index (χ0) is 25.7. The number of likely N-dealkylation sites (N-methyl/N-ethyl adjacent to an activating group) is 1. The fourth-order valence-electron chi connectivity index (χ4n) is 4.51. The molecule has 0 unspecified atom stereocenters. The van der Waals surface area contributed by atoms with Gasteiger partial charge in [0, 0.05) is 44.0 Å². The Balaban J connectivity index is 1.87. The number of imidazole rings is 1. The molecule has 0 atom stereocenters. The molecule has 36 heavy (non-hydrogen) atoms. The number of nitrogens with zero attached hydrogens (tertiary/aromatic N) is 4. The van der Waals surface area contributed by atoms with Crippen LogP contribution in [-0.2, 0) is 32.5 Å². The first-order chi connectivity index (χ1) is 17.4. The third kappa shape index (κ3) is 5.21. The first-order valence-electron chi connectivity index (χ1n) is 12.6. The molecule has 190 valence electrons. The molecule has 5 N–H and O–H groups in total. The number of anilines is 2. The van der Waals surface area contributed by atoms with Crippen LogP contribution in [0.5, 0.6) is 0 Å². The van der Waals surface area contributed by atoms with Crippen LogP contribution in [0.15, 0.2) is 58.1 Å². The van der Waals surface area contributed by atoms with Gasteiger partial charge in [-0.1, -0.05) is 44.2 Å². The molecule has 0 radical (unpaired) electrons. The molecule has 2 heterocycles. The van der Waals surface area contributed by atoms with Gasteiger partial charge < -0.3 is 21.4 Å². The molecule has 0 aliphatic heterocycles. The smallest absolute Gasteiger partial charge is 0.332 e. The molecule has 0 amide bonds. The Labute approximate surface area is 210 Å². The van der Waals surface area contributed by atoms with Crippen molar-refractivity contribution in [1.82, 2.24) is 24.0 Å². The third-order valence-electron chi connectivity index (χ3n) is 6.40. The van der Waals surface area contributed by atoms with Crippen molar-refractivity contribution in [2.45, 2.75) is 52.7 Å². The summed E-state index contributed by atoms with van der Waals surface area (Å²) in [5.41, 5.74) is 15.6. The van der Waals surface area contributed by atoms with Crippen molar-refractivity contribution in [1.29, 1.82) is 0 Å². The summed E-state index contributed by atoms with van der Waals surface area (Å²) >= 11 is 0. The molecule has 0 bridgehead atoms. The van der Waals surface area contributed by atoms with Gasteiger partial charge in [-0.3, -0.25) is 13.9 Å². The number of hydrogen-bond donors (Lipinski definition) is 3. The van der Waals surface area contributed by atoms with Crippen molar-refractivity contribution in [3.8, 4) is 0 Å². The number of benzene rings is 2. The van der Waals surface area contributed by atoms with E-state index in [1.807, 2.05) is 66.9 Å². The maximum atomic E-state index is 13.6. The Kier molecular flexibility index (Phi) is 7.90. The Morgan fingerprint density at radius 2 is 1.64 bits per heavy atom. The van der Waals surface area contributed by atoms with E-state index in [1.54, 1.807) is 4.57 Å². The number of aromatic nitrogens is 4. The summed E-state index contributed by atoms with van der Waals surface area (Å²) < 4.78 is 4.94. The minimum absolute atomic E-state index is 0.292. The summed E-state index contributed by atoms with van der Waals surface area (Å²) in [5.74, 6) is 0.742. The number of fused-ring (bicyclic) bond motifs is 1. The summed E-state index contributed by atoms with van der Waals surface area (Å²) in [7, 11) is 0. The highest BCUT2D eigenvalue weighted by atomic mass is 16.2. The maximum Gasteiger partial charge on any atom is 0.332 e. The number of hydrogen-bond acceptors (Lipinski definition) is 6. The summed E-state index contributed by atoms with van der Waals surface area (Å²) in [6.45, 7) is 6.81. The van der Waals surface area contributed by atoms with Crippen LogP contribution < -0.4 is 28.0 Å². The Morgan fingerprint density at radius 3 is 2.33 bits per heavy atom. The quantitative estimate of drug-likeness (QED) is 0.219. The highest BCUT2D eigenvalue weighted by Gasteiger charge is 2.21. The molecule has 9 nitrogen and oxygen atoms in total. The lowest BCUT2D eigenvalue weighted by Crippen LogP contribution is -2.41. The Morgan fingerprint density at radius 1 is 0.889 bits per heavy atom. The van der Waals surface area contributed by atoms with Gasteiger partial charge in [-0.05, 0) is 48.7 Å². The first kappa shape index (κ1) is 25.2. The molecule has 4 aromatic rings. The molecule has 0 spiro atoms. The van der Waals surface area contributed by atoms with Gasteiger partial charge in [0.05, 0.1) is 0 Å². The van der Waals surface area contributed by atoms with Crippen LogP contribution >= 0.6 is 0 Å². The molecular formula is C27H35N7O2. The Hall–Kier alpha value is -3.85. The van der Waals surface area contributed by atoms with Crippen LogP contribution in [0.2, 0.25) is 0 Å². The fraction of sp³-hybridized carbons (Fsp3) is 0.370. The van der Waals surface area contributed by atoms with Crippen LogP contribution in [0.25, 0.3) is 11.2 Å². The molecule has 2 aromatic heterocycles. The topological polar surface area (TPSA) is 126 Å². The summed E-state index contributed by atoms with van der Waals surface area (Å²) in [4.78, 5) is 32.0. The maximum absolute atomic E-state index is 13.6. The monoisotopic (exact) mass is 489 g/mol. The van der Waals surface area contributed by atoms with Crippen molar-refractivity contribution in [3.05, 3.63) is 86.3 Å². The van der Waals surface area contributed by atoms with Gasteiger partial charge in [-0.25, -0.2) is 9.78 Å². The normalized spacial score (nSPS) is 11.4. The second-order valence-electron chi connectivity index (χ2n) is 8.96. The third-order valence-corrected chi connectivity index (χ3v) is 6.40. The highest BCUT2D eigenvalue weighted by Crippen LogP contribution is 2.18. The van der Waals surface area contributed by atoms with E-state index in [0.717, 1.165) is 23.5 Å². The van der Waals surface area contributed by atoms with E-state index in [2.05, 4.69) is 5.32 Å². The first-order valence-corrected chi connectivity index (χ1v) is 12.6. The lowest BCUT2D eigenvalue weighted by Gasteiger charge is -2.13. The summed E-state index contributed by atoms with van der Waals surface area (Å²) in [6, 6.07) is 15.3. The van der Waals surface area contributed by atoms with Crippen LogP contribution in [0.3, 0.4) is 0 Å². The average molecular weight is 490 g/mol. The second-order valence-corrected chi connectivity index (χ2v) is 8.96. The zero-order valence-corrected chi connectivity index (χ0v) is 21.0. The van der Waals surface area contributed by atoms with Gasteiger partial charge >= 0.3 is 5.69 Å². The predicted molar refractivity (Wildman–Crippen MR) is 145 cm³/mol.